The highest BCUT2D eigenvalue weighted by Crippen LogP contribution is 2.39. The highest BCUT2D eigenvalue weighted by atomic mass is 16.6. The summed E-state index contributed by atoms with van der Waals surface area (Å²) in [6, 6.07) is 6.28. The van der Waals surface area contributed by atoms with Crippen molar-refractivity contribution in [3.05, 3.63) is 41.9 Å². The number of hydrogen-bond acceptors (Lipinski definition) is 9. The third-order valence-corrected chi connectivity index (χ3v) is 6.87. The van der Waals surface area contributed by atoms with E-state index in [1.165, 1.54) is 0 Å². The summed E-state index contributed by atoms with van der Waals surface area (Å²) in [5, 5.41) is 3.67. The van der Waals surface area contributed by atoms with Crippen LogP contribution in [0, 0.1) is 0 Å². The van der Waals surface area contributed by atoms with E-state index in [1.807, 2.05) is 24.4 Å². The molecule has 3 aromatic heterocycles. The molecule has 0 bridgehead atoms. The Balaban J connectivity index is 1.05. The van der Waals surface area contributed by atoms with Crippen molar-refractivity contribution in [2.24, 2.45) is 0 Å². The number of aromatic nitrogens is 3. The van der Waals surface area contributed by atoms with Crippen molar-refractivity contribution in [1.29, 1.82) is 0 Å². The third-order valence-electron chi connectivity index (χ3n) is 6.87. The molecular weight excluding hydrogens is 434 g/mol. The van der Waals surface area contributed by atoms with Crippen LogP contribution in [-0.2, 0) is 6.54 Å². The van der Waals surface area contributed by atoms with Gasteiger partial charge < -0.3 is 29.2 Å². The first-order valence-corrected chi connectivity index (χ1v) is 11.9. The summed E-state index contributed by atoms with van der Waals surface area (Å²) < 4.78 is 22.6. The summed E-state index contributed by atoms with van der Waals surface area (Å²) in [5.74, 6) is 3.26. The quantitative estimate of drug-likeness (QED) is 0.592. The van der Waals surface area contributed by atoms with Crippen molar-refractivity contribution in [3.63, 3.8) is 0 Å². The van der Waals surface area contributed by atoms with Gasteiger partial charge in [0.15, 0.2) is 11.5 Å². The van der Waals surface area contributed by atoms with E-state index in [4.69, 9.17) is 18.9 Å². The van der Waals surface area contributed by atoms with E-state index in [0.717, 1.165) is 78.6 Å². The van der Waals surface area contributed by atoms with Crippen LogP contribution in [0.15, 0.2) is 30.6 Å². The molecule has 0 aliphatic carbocycles. The second kappa shape index (κ2) is 9.23. The van der Waals surface area contributed by atoms with Gasteiger partial charge in [-0.25, -0.2) is 4.98 Å². The Bertz CT molecular complexity index is 1180. The van der Waals surface area contributed by atoms with E-state index < -0.39 is 0 Å². The lowest BCUT2D eigenvalue weighted by Crippen LogP contribution is -2.43. The molecule has 6 heterocycles. The predicted molar refractivity (Wildman–Crippen MR) is 126 cm³/mol. The van der Waals surface area contributed by atoms with E-state index in [-0.39, 0.29) is 5.92 Å². The lowest BCUT2D eigenvalue weighted by Gasteiger charge is -2.33. The first kappa shape index (κ1) is 21.4. The molecule has 9 heteroatoms. The smallest absolute Gasteiger partial charge is 0.213 e. The second-order valence-corrected chi connectivity index (χ2v) is 9.04. The van der Waals surface area contributed by atoms with Gasteiger partial charge in [-0.1, -0.05) is 0 Å². The topological polar surface area (TPSA) is 90.9 Å². The molecule has 0 spiro atoms. The highest BCUT2D eigenvalue weighted by molar-refractivity contribution is 5.81. The summed E-state index contributed by atoms with van der Waals surface area (Å²) in [6.07, 6.45) is 5.80. The number of ether oxygens (including phenoxy) is 4. The minimum atomic E-state index is 0.284. The fourth-order valence-corrected chi connectivity index (χ4v) is 5.06. The Hall–Kier alpha value is -3.17. The SMILES string of the molecule is COc1ccc2ncc3c(c2n1)C(CN1CCC(NCc2cc4c(cn2)OCCO4)CC1)CO3. The highest BCUT2D eigenvalue weighted by Gasteiger charge is 2.31. The van der Waals surface area contributed by atoms with E-state index in [0.29, 0.717) is 31.7 Å². The Morgan fingerprint density at radius 3 is 2.71 bits per heavy atom. The average molecular weight is 464 g/mol. The summed E-state index contributed by atoms with van der Waals surface area (Å²) in [7, 11) is 1.64. The monoisotopic (exact) mass is 463 g/mol. The molecule has 3 aliphatic rings. The van der Waals surface area contributed by atoms with Crippen molar-refractivity contribution < 1.29 is 18.9 Å². The van der Waals surface area contributed by atoms with Crippen LogP contribution in [0.3, 0.4) is 0 Å². The second-order valence-electron chi connectivity index (χ2n) is 9.04. The molecule has 1 fully saturated rings. The van der Waals surface area contributed by atoms with Crippen molar-refractivity contribution in [1.82, 2.24) is 25.2 Å². The van der Waals surface area contributed by atoms with Gasteiger partial charge in [-0.05, 0) is 32.0 Å². The van der Waals surface area contributed by atoms with Gasteiger partial charge in [0.05, 0.1) is 37.3 Å². The standard InChI is InChI=1S/C25H29N5O4/c1-31-23-3-2-19-25(29-23)24-16(15-34-22(24)13-28-19)14-30-6-4-17(5-7-30)26-11-18-10-20-21(12-27-18)33-9-8-32-20/h2-3,10,12-13,16-17,26H,4-9,11,14-15H2,1H3. The van der Waals surface area contributed by atoms with Gasteiger partial charge in [-0.3, -0.25) is 9.97 Å². The number of rotatable bonds is 6. The zero-order chi connectivity index (χ0) is 22.9. The van der Waals surface area contributed by atoms with Crippen LogP contribution >= 0.6 is 0 Å². The summed E-state index contributed by atoms with van der Waals surface area (Å²) in [4.78, 5) is 16.2. The van der Waals surface area contributed by atoms with Crippen LogP contribution in [0.4, 0.5) is 0 Å². The normalized spacial score (nSPS) is 20.2. The third kappa shape index (κ3) is 4.21. The number of fused-ring (bicyclic) bond motifs is 4. The Morgan fingerprint density at radius 2 is 1.85 bits per heavy atom. The van der Waals surface area contributed by atoms with E-state index in [1.54, 1.807) is 13.3 Å². The fourth-order valence-electron chi connectivity index (χ4n) is 5.06. The molecular formula is C25H29N5O4. The lowest BCUT2D eigenvalue weighted by atomic mass is 9.97. The number of nitrogens with one attached hydrogen (secondary N) is 1. The van der Waals surface area contributed by atoms with Crippen LogP contribution in [0.2, 0.25) is 0 Å². The van der Waals surface area contributed by atoms with Gasteiger partial charge in [-0.15, -0.1) is 0 Å². The fraction of sp³-hybridized carbons (Fsp3) is 0.480. The largest absolute Gasteiger partial charge is 0.491 e. The molecule has 1 saturated heterocycles. The minimum absolute atomic E-state index is 0.284. The van der Waals surface area contributed by atoms with Crippen molar-refractivity contribution in [2.75, 3.05) is 46.6 Å². The first-order valence-electron chi connectivity index (χ1n) is 11.9. The molecule has 0 aromatic carbocycles. The van der Waals surface area contributed by atoms with Crippen molar-refractivity contribution in [2.45, 2.75) is 31.3 Å². The molecule has 0 radical (unpaired) electrons. The van der Waals surface area contributed by atoms with Gasteiger partial charge in [0.25, 0.3) is 0 Å². The summed E-state index contributed by atoms with van der Waals surface area (Å²) in [5.41, 5.74) is 3.91. The maximum Gasteiger partial charge on any atom is 0.213 e. The molecule has 34 heavy (non-hydrogen) atoms. The van der Waals surface area contributed by atoms with Gasteiger partial charge in [0, 0.05) is 42.7 Å². The summed E-state index contributed by atoms with van der Waals surface area (Å²) >= 11 is 0. The van der Waals surface area contributed by atoms with Gasteiger partial charge in [0.2, 0.25) is 5.88 Å². The van der Waals surface area contributed by atoms with Crippen molar-refractivity contribution >= 4 is 11.0 Å². The van der Waals surface area contributed by atoms with Gasteiger partial charge >= 0.3 is 0 Å². The molecule has 0 saturated carbocycles. The van der Waals surface area contributed by atoms with E-state index in [9.17, 15) is 0 Å². The molecule has 3 aliphatic heterocycles. The van der Waals surface area contributed by atoms with Crippen LogP contribution in [-0.4, -0.2) is 72.5 Å². The number of nitrogens with zero attached hydrogens (tertiary/aromatic N) is 4. The van der Waals surface area contributed by atoms with Gasteiger partial charge in [-0.2, -0.15) is 0 Å². The first-order chi connectivity index (χ1) is 16.8. The lowest BCUT2D eigenvalue weighted by molar-refractivity contribution is 0.170. The number of likely N-dealkylation sites (tertiary alicyclic amines) is 1. The molecule has 1 N–H and O–H groups in total. The molecule has 9 nitrogen and oxygen atoms in total. The van der Waals surface area contributed by atoms with Crippen molar-refractivity contribution in [3.8, 4) is 23.1 Å². The van der Waals surface area contributed by atoms with Crippen LogP contribution < -0.4 is 24.3 Å². The maximum atomic E-state index is 5.97. The average Bonchev–Trinajstić information content (AvgIpc) is 3.31. The van der Waals surface area contributed by atoms with Crippen LogP contribution in [0.25, 0.3) is 11.0 Å². The van der Waals surface area contributed by atoms with Gasteiger partial charge in [0.1, 0.15) is 24.5 Å². The number of hydrogen-bond donors (Lipinski definition) is 1. The Labute approximate surface area is 198 Å². The minimum Gasteiger partial charge on any atom is -0.491 e. The molecule has 1 unspecified atom stereocenters. The molecule has 1 atom stereocenters. The van der Waals surface area contributed by atoms with Crippen LogP contribution in [0.5, 0.6) is 23.1 Å². The van der Waals surface area contributed by atoms with E-state index in [2.05, 4.69) is 25.2 Å². The maximum absolute atomic E-state index is 5.97. The zero-order valence-corrected chi connectivity index (χ0v) is 19.3. The number of pyridine rings is 3. The Morgan fingerprint density at radius 1 is 1.03 bits per heavy atom. The van der Waals surface area contributed by atoms with Crippen LogP contribution in [0.1, 0.15) is 30.0 Å². The predicted octanol–water partition coefficient (Wildman–Crippen LogP) is 2.53. The Kier molecular flexibility index (Phi) is 5.80. The zero-order valence-electron chi connectivity index (χ0n) is 19.3. The number of methoxy groups -OCH3 is 1. The molecule has 0 amide bonds. The molecule has 178 valence electrons. The summed E-state index contributed by atoms with van der Waals surface area (Å²) in [6.45, 7) is 5.65. The molecule has 3 aromatic rings. The van der Waals surface area contributed by atoms with E-state index >= 15 is 0 Å². The molecule has 6 rings (SSSR count). The number of piperidine rings is 1.